The van der Waals surface area contributed by atoms with E-state index < -0.39 is 10.0 Å². The predicted molar refractivity (Wildman–Crippen MR) is 70.6 cm³/mol. The molecule has 1 aromatic carbocycles. The number of rotatable bonds is 5. The van der Waals surface area contributed by atoms with Gasteiger partial charge in [-0.3, -0.25) is 4.79 Å². The summed E-state index contributed by atoms with van der Waals surface area (Å²) in [5, 5.41) is 2.58. The zero-order valence-corrected chi connectivity index (χ0v) is 11.6. The van der Waals surface area contributed by atoms with Gasteiger partial charge in [-0.15, -0.1) is 0 Å². The van der Waals surface area contributed by atoms with E-state index >= 15 is 0 Å². The highest BCUT2D eigenvalue weighted by atomic mass is 32.2. The van der Waals surface area contributed by atoms with Crippen molar-refractivity contribution in [3.8, 4) is 5.75 Å². The van der Waals surface area contributed by atoms with Gasteiger partial charge in [0.25, 0.3) is 0 Å². The Morgan fingerprint density at radius 3 is 2.58 bits per heavy atom. The van der Waals surface area contributed by atoms with Crippen LogP contribution in [0.4, 0.5) is 5.69 Å². The van der Waals surface area contributed by atoms with Gasteiger partial charge in [-0.1, -0.05) is 0 Å². The van der Waals surface area contributed by atoms with Crippen molar-refractivity contribution in [1.29, 1.82) is 0 Å². The summed E-state index contributed by atoms with van der Waals surface area (Å²) in [6.07, 6.45) is 1.75. The summed E-state index contributed by atoms with van der Waals surface area (Å²) in [6.45, 7) is 1.37. The number of ether oxygens (including phenoxy) is 1. The first-order valence-corrected chi connectivity index (χ1v) is 7.38. The average Bonchev–Trinajstić information content (AvgIpc) is 3.11. The highest BCUT2D eigenvalue weighted by Crippen LogP contribution is 2.29. The zero-order valence-electron chi connectivity index (χ0n) is 10.8. The minimum Gasteiger partial charge on any atom is -0.495 e. The molecule has 1 amide bonds. The first-order chi connectivity index (χ1) is 8.92. The lowest BCUT2D eigenvalue weighted by molar-refractivity contribution is -0.114. The van der Waals surface area contributed by atoms with Crippen LogP contribution in [0.25, 0.3) is 0 Å². The van der Waals surface area contributed by atoms with Gasteiger partial charge in [0.1, 0.15) is 5.75 Å². The van der Waals surface area contributed by atoms with Crippen LogP contribution < -0.4 is 14.8 Å². The fourth-order valence-corrected chi connectivity index (χ4v) is 2.94. The molecule has 0 heterocycles. The van der Waals surface area contributed by atoms with Crippen molar-refractivity contribution in [1.82, 2.24) is 4.72 Å². The monoisotopic (exact) mass is 284 g/mol. The zero-order chi connectivity index (χ0) is 14.0. The molecule has 0 spiro atoms. The van der Waals surface area contributed by atoms with E-state index in [9.17, 15) is 13.2 Å². The van der Waals surface area contributed by atoms with Gasteiger partial charge in [-0.2, -0.15) is 0 Å². The third kappa shape index (κ3) is 3.45. The van der Waals surface area contributed by atoms with Gasteiger partial charge >= 0.3 is 0 Å². The smallest absolute Gasteiger partial charge is 0.240 e. The summed E-state index contributed by atoms with van der Waals surface area (Å²) in [5.41, 5.74) is 0.445. The van der Waals surface area contributed by atoms with Crippen molar-refractivity contribution in [3.05, 3.63) is 18.2 Å². The van der Waals surface area contributed by atoms with Gasteiger partial charge in [0.2, 0.25) is 15.9 Å². The predicted octanol–water partition coefficient (Wildman–Crippen LogP) is 1.09. The minimum absolute atomic E-state index is 0.0472. The van der Waals surface area contributed by atoms with E-state index in [1.807, 2.05) is 0 Å². The average molecular weight is 284 g/mol. The maximum absolute atomic E-state index is 12.0. The molecule has 1 saturated carbocycles. The second kappa shape index (κ2) is 5.18. The molecule has 6 nitrogen and oxygen atoms in total. The van der Waals surface area contributed by atoms with Crippen molar-refractivity contribution in [2.45, 2.75) is 30.7 Å². The lowest BCUT2D eigenvalue weighted by Crippen LogP contribution is -2.25. The largest absolute Gasteiger partial charge is 0.495 e. The van der Waals surface area contributed by atoms with Crippen molar-refractivity contribution < 1.29 is 17.9 Å². The molecule has 0 aliphatic heterocycles. The van der Waals surface area contributed by atoms with E-state index in [0.717, 1.165) is 12.8 Å². The van der Waals surface area contributed by atoms with Gasteiger partial charge in [-0.05, 0) is 25.0 Å². The summed E-state index contributed by atoms with van der Waals surface area (Å²) in [7, 11) is -2.10. The van der Waals surface area contributed by atoms with Crippen LogP contribution in [-0.2, 0) is 14.8 Å². The van der Waals surface area contributed by atoms with E-state index in [0.29, 0.717) is 11.4 Å². The standard InChI is InChI=1S/C12H16N2O4S/c1-8(15)13-11-6-5-10(7-12(11)18-2)19(16,17)14-9-3-4-9/h5-7,9,14H,3-4H2,1-2H3,(H,13,15). The van der Waals surface area contributed by atoms with Crippen LogP contribution in [0, 0.1) is 0 Å². The van der Waals surface area contributed by atoms with Crippen molar-refractivity contribution >= 4 is 21.6 Å². The number of nitrogens with one attached hydrogen (secondary N) is 2. The molecular formula is C12H16N2O4S. The summed E-state index contributed by atoms with van der Waals surface area (Å²) in [6, 6.07) is 4.40. The summed E-state index contributed by atoms with van der Waals surface area (Å²) < 4.78 is 31.7. The summed E-state index contributed by atoms with van der Waals surface area (Å²) in [4.78, 5) is 11.1. The lowest BCUT2D eigenvalue weighted by Gasteiger charge is -2.11. The van der Waals surface area contributed by atoms with Gasteiger partial charge in [0, 0.05) is 19.0 Å². The van der Waals surface area contributed by atoms with Crippen LogP contribution >= 0.6 is 0 Å². The van der Waals surface area contributed by atoms with E-state index in [-0.39, 0.29) is 16.8 Å². The van der Waals surface area contributed by atoms with Gasteiger partial charge in [0.05, 0.1) is 17.7 Å². The Labute approximate surface area is 112 Å². The van der Waals surface area contributed by atoms with Crippen LogP contribution in [0.2, 0.25) is 0 Å². The molecule has 2 rings (SSSR count). The van der Waals surface area contributed by atoms with Gasteiger partial charge < -0.3 is 10.1 Å². The fraction of sp³-hybridized carbons (Fsp3) is 0.417. The van der Waals surface area contributed by atoms with E-state index in [4.69, 9.17) is 4.74 Å². The Morgan fingerprint density at radius 1 is 1.37 bits per heavy atom. The molecule has 7 heteroatoms. The number of hydrogen-bond donors (Lipinski definition) is 2. The first kappa shape index (κ1) is 13.8. The molecule has 0 aromatic heterocycles. The lowest BCUT2D eigenvalue weighted by atomic mass is 10.3. The number of carbonyl (C=O) groups excluding carboxylic acids is 1. The molecule has 1 aliphatic carbocycles. The molecular weight excluding hydrogens is 268 g/mol. The third-order valence-corrected chi connectivity index (χ3v) is 4.21. The molecule has 0 unspecified atom stereocenters. The van der Waals surface area contributed by atoms with E-state index in [2.05, 4.69) is 10.0 Å². The van der Waals surface area contributed by atoms with Gasteiger partial charge in [0.15, 0.2) is 0 Å². The summed E-state index contributed by atoms with van der Waals surface area (Å²) in [5.74, 6) is 0.0684. The van der Waals surface area contributed by atoms with Crippen molar-refractivity contribution in [3.63, 3.8) is 0 Å². The van der Waals surface area contributed by atoms with Crippen LogP contribution in [0.3, 0.4) is 0 Å². The number of benzene rings is 1. The molecule has 0 radical (unpaired) electrons. The number of carbonyl (C=O) groups is 1. The highest BCUT2D eigenvalue weighted by molar-refractivity contribution is 7.89. The van der Waals surface area contributed by atoms with E-state index in [1.165, 1.54) is 32.2 Å². The fourth-order valence-electron chi connectivity index (χ4n) is 1.62. The second-order valence-corrected chi connectivity index (χ2v) is 6.15. The number of hydrogen-bond acceptors (Lipinski definition) is 4. The number of amides is 1. The number of sulfonamides is 1. The molecule has 1 aromatic rings. The SMILES string of the molecule is COc1cc(S(=O)(=O)NC2CC2)ccc1NC(C)=O. The molecule has 0 saturated heterocycles. The molecule has 1 fully saturated rings. The quantitative estimate of drug-likeness (QED) is 0.848. The minimum atomic E-state index is -3.52. The molecule has 19 heavy (non-hydrogen) atoms. The van der Waals surface area contributed by atoms with Crippen LogP contribution in [0.5, 0.6) is 5.75 Å². The number of methoxy groups -OCH3 is 1. The van der Waals surface area contributed by atoms with Crippen molar-refractivity contribution in [2.24, 2.45) is 0 Å². The van der Waals surface area contributed by atoms with Crippen LogP contribution in [0.1, 0.15) is 19.8 Å². The Bertz CT molecular complexity index is 594. The van der Waals surface area contributed by atoms with Crippen molar-refractivity contribution in [2.75, 3.05) is 12.4 Å². The molecule has 1 aliphatic rings. The first-order valence-electron chi connectivity index (χ1n) is 5.90. The molecule has 0 atom stereocenters. The van der Waals surface area contributed by atoms with E-state index in [1.54, 1.807) is 0 Å². The summed E-state index contributed by atoms with van der Waals surface area (Å²) >= 11 is 0. The number of anilines is 1. The normalized spacial score (nSPS) is 15.1. The Morgan fingerprint density at radius 2 is 2.05 bits per heavy atom. The Hall–Kier alpha value is -1.60. The Balaban J connectivity index is 2.29. The van der Waals surface area contributed by atoms with Crippen LogP contribution in [-0.4, -0.2) is 27.5 Å². The Kier molecular flexibility index (Phi) is 3.77. The molecule has 2 N–H and O–H groups in total. The highest BCUT2D eigenvalue weighted by Gasteiger charge is 2.28. The second-order valence-electron chi connectivity index (χ2n) is 4.44. The van der Waals surface area contributed by atoms with Gasteiger partial charge in [-0.25, -0.2) is 13.1 Å². The maximum Gasteiger partial charge on any atom is 0.240 e. The maximum atomic E-state index is 12.0. The molecule has 104 valence electrons. The topological polar surface area (TPSA) is 84.5 Å². The molecule has 0 bridgehead atoms. The third-order valence-electron chi connectivity index (χ3n) is 2.69. The van der Waals surface area contributed by atoms with Crippen LogP contribution in [0.15, 0.2) is 23.1 Å².